The molecule has 1 atom stereocenters. The second-order valence-corrected chi connectivity index (χ2v) is 8.19. The molecule has 2 heterocycles. The molecular formula is C25H19ClN4O2. The molecule has 32 heavy (non-hydrogen) atoms. The Balaban J connectivity index is 1.55. The van der Waals surface area contributed by atoms with Crippen LogP contribution in [0.5, 0.6) is 0 Å². The first-order valence-corrected chi connectivity index (χ1v) is 10.7. The van der Waals surface area contributed by atoms with Crippen LogP contribution < -0.4 is 5.32 Å². The summed E-state index contributed by atoms with van der Waals surface area (Å²) in [6.45, 7) is 0. The average molecular weight is 443 g/mol. The number of carbonyl (C=O) groups excluding carboxylic acids is 2. The average Bonchev–Trinajstić information content (AvgIpc) is 2.81. The Morgan fingerprint density at radius 1 is 1.00 bits per heavy atom. The number of carbonyl (C=O) groups is 2. The van der Waals surface area contributed by atoms with Gasteiger partial charge in [-0.3, -0.25) is 14.6 Å². The standard InChI is InChI=1S/C25H19ClN4O2/c26-24-23(27-10-11-28-24)22(30-25(32)18-12-19(31)13-18)17-7-6-16-8-9-20(29-21(16)14-17)15-4-2-1-3-5-15/h1-11,14,18,22H,12-13H2,(H,30,32). The zero-order valence-corrected chi connectivity index (χ0v) is 17.8. The molecule has 1 aliphatic carbocycles. The van der Waals surface area contributed by atoms with Gasteiger partial charge in [-0.1, -0.05) is 60.1 Å². The largest absolute Gasteiger partial charge is 0.343 e. The molecule has 1 unspecified atom stereocenters. The number of fused-ring (bicyclic) bond motifs is 1. The predicted octanol–water partition coefficient (Wildman–Crippen LogP) is 4.53. The number of benzene rings is 2. The molecule has 7 heteroatoms. The van der Waals surface area contributed by atoms with Gasteiger partial charge in [-0.25, -0.2) is 9.97 Å². The summed E-state index contributed by atoms with van der Waals surface area (Å²) in [6.07, 6.45) is 3.59. The van der Waals surface area contributed by atoms with Crippen molar-refractivity contribution in [2.75, 3.05) is 0 Å². The molecule has 158 valence electrons. The molecule has 1 fully saturated rings. The lowest BCUT2D eigenvalue weighted by Gasteiger charge is -2.27. The number of ketones is 1. The van der Waals surface area contributed by atoms with Crippen LogP contribution in [0.4, 0.5) is 0 Å². The highest BCUT2D eigenvalue weighted by Crippen LogP contribution is 2.30. The molecule has 0 spiro atoms. The van der Waals surface area contributed by atoms with Crippen molar-refractivity contribution in [3.63, 3.8) is 0 Å². The molecule has 1 aliphatic rings. The van der Waals surface area contributed by atoms with Crippen LogP contribution in [-0.4, -0.2) is 26.6 Å². The van der Waals surface area contributed by atoms with Crippen LogP contribution in [0.2, 0.25) is 5.15 Å². The van der Waals surface area contributed by atoms with Crippen LogP contribution in [0.3, 0.4) is 0 Å². The van der Waals surface area contributed by atoms with Gasteiger partial charge >= 0.3 is 0 Å². The SMILES string of the molecule is O=C1CC(C(=O)NC(c2ccc3ccc(-c4ccccc4)nc3c2)c2nccnc2Cl)C1. The van der Waals surface area contributed by atoms with Crippen molar-refractivity contribution < 1.29 is 9.59 Å². The summed E-state index contributed by atoms with van der Waals surface area (Å²) in [4.78, 5) is 37.5. The van der Waals surface area contributed by atoms with E-state index in [1.807, 2.05) is 60.7 Å². The van der Waals surface area contributed by atoms with Crippen LogP contribution in [-0.2, 0) is 9.59 Å². The minimum Gasteiger partial charge on any atom is -0.343 e. The van der Waals surface area contributed by atoms with E-state index in [-0.39, 0.29) is 35.6 Å². The van der Waals surface area contributed by atoms with Crippen molar-refractivity contribution >= 4 is 34.2 Å². The Hall–Kier alpha value is -3.64. The van der Waals surface area contributed by atoms with Crippen LogP contribution >= 0.6 is 11.6 Å². The van der Waals surface area contributed by atoms with Gasteiger partial charge in [0.2, 0.25) is 5.91 Å². The third-order valence-corrected chi connectivity index (χ3v) is 5.97. The van der Waals surface area contributed by atoms with Crippen molar-refractivity contribution in [2.24, 2.45) is 5.92 Å². The molecule has 0 aliphatic heterocycles. The fourth-order valence-electron chi connectivity index (χ4n) is 3.85. The Bertz CT molecular complexity index is 1320. The Kier molecular flexibility index (Phi) is 5.37. The van der Waals surface area contributed by atoms with Gasteiger partial charge in [0.25, 0.3) is 0 Å². The van der Waals surface area contributed by atoms with Gasteiger partial charge in [0.15, 0.2) is 5.15 Å². The monoisotopic (exact) mass is 442 g/mol. The van der Waals surface area contributed by atoms with E-state index in [9.17, 15) is 9.59 Å². The van der Waals surface area contributed by atoms with Gasteiger partial charge in [0.1, 0.15) is 11.5 Å². The van der Waals surface area contributed by atoms with Gasteiger partial charge in [-0.05, 0) is 17.7 Å². The molecule has 1 N–H and O–H groups in total. The van der Waals surface area contributed by atoms with Gasteiger partial charge in [0.05, 0.1) is 23.2 Å². The van der Waals surface area contributed by atoms with Gasteiger partial charge < -0.3 is 5.32 Å². The zero-order chi connectivity index (χ0) is 22.1. The molecule has 2 aromatic heterocycles. The fraction of sp³-hybridized carbons (Fsp3) is 0.160. The highest BCUT2D eigenvalue weighted by Gasteiger charge is 2.34. The number of nitrogens with zero attached hydrogens (tertiary/aromatic N) is 3. The number of amides is 1. The van der Waals surface area contributed by atoms with E-state index in [2.05, 4.69) is 15.3 Å². The minimum atomic E-state index is -0.606. The van der Waals surface area contributed by atoms with Crippen LogP contribution in [0.15, 0.2) is 73.1 Å². The number of hydrogen-bond acceptors (Lipinski definition) is 5. The van der Waals surface area contributed by atoms with Crippen molar-refractivity contribution in [3.8, 4) is 11.3 Å². The van der Waals surface area contributed by atoms with E-state index >= 15 is 0 Å². The number of hydrogen-bond donors (Lipinski definition) is 1. The van der Waals surface area contributed by atoms with E-state index in [1.54, 1.807) is 6.20 Å². The summed E-state index contributed by atoms with van der Waals surface area (Å²) in [5.41, 5.74) is 3.92. The topological polar surface area (TPSA) is 84.8 Å². The molecular weight excluding hydrogens is 424 g/mol. The number of rotatable bonds is 5. The first kappa shape index (κ1) is 20.3. The van der Waals surface area contributed by atoms with E-state index in [0.717, 1.165) is 27.7 Å². The summed E-state index contributed by atoms with van der Waals surface area (Å²) in [5, 5.41) is 4.21. The van der Waals surface area contributed by atoms with Gasteiger partial charge in [-0.15, -0.1) is 0 Å². The molecule has 2 aromatic carbocycles. The molecule has 1 amide bonds. The van der Waals surface area contributed by atoms with Crippen molar-refractivity contribution in [3.05, 3.63) is 89.5 Å². The maximum absolute atomic E-state index is 12.8. The normalized spacial score (nSPS) is 14.7. The van der Waals surface area contributed by atoms with Crippen molar-refractivity contribution in [2.45, 2.75) is 18.9 Å². The van der Waals surface area contributed by atoms with Crippen LogP contribution in [0.25, 0.3) is 22.2 Å². The minimum absolute atomic E-state index is 0.0996. The highest BCUT2D eigenvalue weighted by molar-refractivity contribution is 6.30. The molecule has 4 aromatic rings. The second-order valence-electron chi connectivity index (χ2n) is 7.83. The lowest BCUT2D eigenvalue weighted by atomic mass is 9.83. The van der Waals surface area contributed by atoms with Crippen molar-refractivity contribution in [1.82, 2.24) is 20.3 Å². The lowest BCUT2D eigenvalue weighted by Crippen LogP contribution is -2.41. The molecule has 0 radical (unpaired) electrons. The third kappa shape index (κ3) is 3.97. The summed E-state index contributed by atoms with van der Waals surface area (Å²) in [5.74, 6) is -0.409. The Morgan fingerprint density at radius 3 is 2.50 bits per heavy atom. The Labute approximate surface area is 189 Å². The number of pyridine rings is 1. The predicted molar refractivity (Wildman–Crippen MR) is 122 cm³/mol. The van der Waals surface area contributed by atoms with Crippen molar-refractivity contribution in [1.29, 1.82) is 0 Å². The maximum atomic E-state index is 12.8. The van der Waals surface area contributed by atoms with E-state index in [4.69, 9.17) is 16.6 Å². The second kappa shape index (κ2) is 8.48. The number of aromatic nitrogens is 3. The zero-order valence-electron chi connectivity index (χ0n) is 17.0. The summed E-state index contributed by atoms with van der Waals surface area (Å²) >= 11 is 6.33. The number of nitrogens with one attached hydrogen (secondary N) is 1. The van der Waals surface area contributed by atoms with E-state index < -0.39 is 6.04 Å². The first-order chi connectivity index (χ1) is 15.6. The maximum Gasteiger partial charge on any atom is 0.224 e. The fourth-order valence-corrected chi connectivity index (χ4v) is 4.07. The number of Topliss-reactive ketones (excluding diaryl/α,β-unsaturated/α-hetero) is 1. The molecule has 6 nitrogen and oxygen atoms in total. The molecule has 5 rings (SSSR count). The molecule has 0 saturated heterocycles. The smallest absolute Gasteiger partial charge is 0.224 e. The summed E-state index contributed by atoms with van der Waals surface area (Å²) < 4.78 is 0. The molecule has 0 bridgehead atoms. The third-order valence-electron chi connectivity index (χ3n) is 5.68. The summed E-state index contributed by atoms with van der Waals surface area (Å²) in [6, 6.07) is 19.2. The van der Waals surface area contributed by atoms with E-state index in [0.29, 0.717) is 5.69 Å². The van der Waals surface area contributed by atoms with Gasteiger partial charge in [0, 0.05) is 36.2 Å². The first-order valence-electron chi connectivity index (χ1n) is 10.3. The van der Waals surface area contributed by atoms with Crippen LogP contribution in [0.1, 0.15) is 30.1 Å². The molecule has 1 saturated carbocycles. The van der Waals surface area contributed by atoms with Crippen LogP contribution in [0, 0.1) is 5.92 Å². The van der Waals surface area contributed by atoms with E-state index in [1.165, 1.54) is 6.20 Å². The summed E-state index contributed by atoms with van der Waals surface area (Å²) in [7, 11) is 0. The lowest BCUT2D eigenvalue weighted by molar-refractivity contribution is -0.138. The quantitative estimate of drug-likeness (QED) is 0.490. The highest BCUT2D eigenvalue weighted by atomic mass is 35.5. The van der Waals surface area contributed by atoms with Gasteiger partial charge in [-0.2, -0.15) is 0 Å². The number of halogens is 1. The Morgan fingerprint density at radius 2 is 1.75 bits per heavy atom.